The number of halogens is 3. The van der Waals surface area contributed by atoms with Gasteiger partial charge in [-0.1, -0.05) is 30.3 Å². The molecule has 0 atom stereocenters. The lowest BCUT2D eigenvalue weighted by molar-refractivity contribution is -0.137. The van der Waals surface area contributed by atoms with Gasteiger partial charge in [-0.05, 0) is 42.0 Å². The van der Waals surface area contributed by atoms with Crippen LogP contribution in [0.25, 0.3) is 10.9 Å². The molecule has 0 bridgehead atoms. The van der Waals surface area contributed by atoms with Gasteiger partial charge in [0.15, 0.2) is 0 Å². The Hall–Kier alpha value is -3.81. The number of fused-ring (bicyclic) bond motifs is 1. The first-order valence-electron chi connectivity index (χ1n) is 9.08. The molecule has 0 aliphatic heterocycles. The van der Waals surface area contributed by atoms with E-state index in [0.717, 1.165) is 23.0 Å². The van der Waals surface area contributed by atoms with Gasteiger partial charge in [-0.2, -0.15) is 13.2 Å². The first-order chi connectivity index (χ1) is 14.3. The number of nitrogens with one attached hydrogen (secondary N) is 1. The van der Waals surface area contributed by atoms with Gasteiger partial charge >= 0.3 is 6.18 Å². The van der Waals surface area contributed by atoms with Crippen LogP contribution in [0.3, 0.4) is 0 Å². The van der Waals surface area contributed by atoms with E-state index in [1.807, 2.05) is 24.3 Å². The maximum Gasteiger partial charge on any atom is 0.416 e. The third-order valence-corrected chi connectivity index (χ3v) is 4.71. The minimum absolute atomic E-state index is 0.244. The summed E-state index contributed by atoms with van der Waals surface area (Å²) in [6.45, 7) is 0.244. The van der Waals surface area contributed by atoms with E-state index >= 15 is 0 Å². The standard InChI is InChI=1S/C22H17F3N4O/c23-22(24,25)16-7-5-14(6-8-16)13-29-18-4-2-1-3-15(18)11-19(29)21(30)28-17-9-10-20(26)27-12-17/h1-12H,13H2,(H2,26,27)(H,28,30). The Labute approximate surface area is 170 Å². The zero-order valence-electron chi connectivity index (χ0n) is 15.6. The molecule has 152 valence electrons. The summed E-state index contributed by atoms with van der Waals surface area (Å²) in [6.07, 6.45) is -2.94. The van der Waals surface area contributed by atoms with Gasteiger partial charge < -0.3 is 15.6 Å². The van der Waals surface area contributed by atoms with Crippen molar-refractivity contribution in [1.82, 2.24) is 9.55 Å². The van der Waals surface area contributed by atoms with Crippen LogP contribution in [0.2, 0.25) is 0 Å². The molecule has 0 spiro atoms. The number of nitrogen functional groups attached to an aromatic ring is 1. The van der Waals surface area contributed by atoms with Crippen molar-refractivity contribution in [1.29, 1.82) is 0 Å². The summed E-state index contributed by atoms with van der Waals surface area (Å²) < 4.78 is 40.3. The Balaban J connectivity index is 1.68. The Morgan fingerprint density at radius 1 is 1.03 bits per heavy atom. The number of amides is 1. The Kier molecular flexibility index (Phi) is 4.91. The first-order valence-corrected chi connectivity index (χ1v) is 9.08. The van der Waals surface area contributed by atoms with Crippen molar-refractivity contribution in [2.24, 2.45) is 0 Å². The van der Waals surface area contributed by atoms with E-state index in [4.69, 9.17) is 5.73 Å². The molecule has 2 aromatic heterocycles. The molecule has 2 heterocycles. The van der Waals surface area contributed by atoms with Crippen LogP contribution in [-0.4, -0.2) is 15.5 Å². The van der Waals surface area contributed by atoms with Crippen LogP contribution in [0.15, 0.2) is 72.9 Å². The van der Waals surface area contributed by atoms with E-state index in [2.05, 4.69) is 10.3 Å². The van der Waals surface area contributed by atoms with Crippen LogP contribution in [0.5, 0.6) is 0 Å². The molecular weight excluding hydrogens is 393 g/mol. The minimum Gasteiger partial charge on any atom is -0.384 e. The number of anilines is 2. The maximum absolute atomic E-state index is 12.9. The molecular formula is C22H17F3N4O. The number of carbonyl (C=O) groups is 1. The van der Waals surface area contributed by atoms with Gasteiger partial charge in [0.2, 0.25) is 0 Å². The number of benzene rings is 2. The number of hydrogen-bond donors (Lipinski definition) is 2. The second-order valence-corrected chi connectivity index (χ2v) is 6.80. The number of rotatable bonds is 4. The molecule has 0 aliphatic carbocycles. The topological polar surface area (TPSA) is 72.9 Å². The van der Waals surface area contributed by atoms with E-state index in [0.29, 0.717) is 22.8 Å². The lowest BCUT2D eigenvalue weighted by Gasteiger charge is -2.13. The van der Waals surface area contributed by atoms with Gasteiger partial charge in [0.25, 0.3) is 5.91 Å². The quantitative estimate of drug-likeness (QED) is 0.501. The maximum atomic E-state index is 12.9. The number of pyridine rings is 1. The van der Waals surface area contributed by atoms with Crippen LogP contribution >= 0.6 is 0 Å². The van der Waals surface area contributed by atoms with Crippen molar-refractivity contribution in [2.45, 2.75) is 12.7 Å². The molecule has 1 amide bonds. The van der Waals surface area contributed by atoms with E-state index in [9.17, 15) is 18.0 Å². The summed E-state index contributed by atoms with van der Waals surface area (Å²) in [5.41, 5.74) is 7.18. The molecule has 2 aromatic carbocycles. The normalized spacial score (nSPS) is 11.6. The molecule has 0 unspecified atom stereocenters. The summed E-state index contributed by atoms with van der Waals surface area (Å²) in [7, 11) is 0. The zero-order chi connectivity index (χ0) is 21.3. The van der Waals surface area contributed by atoms with Crippen molar-refractivity contribution in [2.75, 3.05) is 11.1 Å². The van der Waals surface area contributed by atoms with Gasteiger partial charge in [0.05, 0.1) is 17.4 Å². The zero-order valence-corrected chi connectivity index (χ0v) is 15.6. The lowest BCUT2D eigenvalue weighted by atomic mass is 10.1. The molecule has 0 aliphatic rings. The van der Waals surface area contributed by atoms with Crippen LogP contribution in [0.1, 0.15) is 21.6 Å². The summed E-state index contributed by atoms with van der Waals surface area (Å²) in [5, 5.41) is 3.63. The number of aromatic nitrogens is 2. The van der Waals surface area contributed by atoms with Gasteiger partial charge in [-0.15, -0.1) is 0 Å². The fourth-order valence-corrected chi connectivity index (χ4v) is 3.22. The molecule has 0 saturated heterocycles. The lowest BCUT2D eigenvalue weighted by Crippen LogP contribution is -2.17. The molecule has 8 heteroatoms. The van der Waals surface area contributed by atoms with Crippen molar-refractivity contribution < 1.29 is 18.0 Å². The fourth-order valence-electron chi connectivity index (χ4n) is 3.22. The third kappa shape index (κ3) is 3.98. The molecule has 4 rings (SSSR count). The van der Waals surface area contributed by atoms with Crippen LogP contribution < -0.4 is 11.1 Å². The van der Waals surface area contributed by atoms with Crippen LogP contribution in [-0.2, 0) is 12.7 Å². The minimum atomic E-state index is -4.39. The predicted molar refractivity (Wildman–Crippen MR) is 109 cm³/mol. The largest absolute Gasteiger partial charge is 0.416 e. The molecule has 4 aromatic rings. The summed E-state index contributed by atoms with van der Waals surface area (Å²) in [4.78, 5) is 16.9. The summed E-state index contributed by atoms with van der Waals surface area (Å²) >= 11 is 0. The fraction of sp³-hybridized carbons (Fsp3) is 0.0909. The van der Waals surface area contributed by atoms with E-state index in [1.165, 1.54) is 18.3 Å². The molecule has 0 saturated carbocycles. The summed E-state index contributed by atoms with van der Waals surface area (Å²) in [5.74, 6) is -0.0194. The Morgan fingerprint density at radius 3 is 2.43 bits per heavy atom. The number of alkyl halides is 3. The number of para-hydroxylation sites is 1. The third-order valence-electron chi connectivity index (χ3n) is 4.71. The van der Waals surface area contributed by atoms with Crippen molar-refractivity contribution in [3.8, 4) is 0 Å². The number of hydrogen-bond acceptors (Lipinski definition) is 3. The second kappa shape index (κ2) is 7.55. The number of nitrogens with zero attached hydrogens (tertiary/aromatic N) is 2. The highest BCUT2D eigenvalue weighted by molar-refractivity contribution is 6.06. The van der Waals surface area contributed by atoms with Gasteiger partial charge in [-0.3, -0.25) is 4.79 Å². The summed E-state index contributed by atoms with van der Waals surface area (Å²) in [6, 6.07) is 17.3. The molecule has 5 nitrogen and oxygen atoms in total. The highest BCUT2D eigenvalue weighted by atomic mass is 19.4. The van der Waals surface area contributed by atoms with Crippen molar-refractivity contribution in [3.05, 3.63) is 89.7 Å². The molecule has 30 heavy (non-hydrogen) atoms. The van der Waals surface area contributed by atoms with E-state index in [-0.39, 0.29) is 12.5 Å². The predicted octanol–water partition coefficient (Wildman–Crippen LogP) is 4.94. The van der Waals surface area contributed by atoms with E-state index in [1.54, 1.807) is 22.8 Å². The smallest absolute Gasteiger partial charge is 0.384 e. The van der Waals surface area contributed by atoms with Gasteiger partial charge in [-0.25, -0.2) is 4.98 Å². The highest BCUT2D eigenvalue weighted by Crippen LogP contribution is 2.29. The number of carbonyl (C=O) groups excluding carboxylic acids is 1. The van der Waals surface area contributed by atoms with E-state index < -0.39 is 11.7 Å². The Morgan fingerprint density at radius 2 is 1.77 bits per heavy atom. The highest BCUT2D eigenvalue weighted by Gasteiger charge is 2.30. The average molecular weight is 410 g/mol. The molecule has 0 fully saturated rings. The number of nitrogens with two attached hydrogens (primary N) is 1. The second-order valence-electron chi connectivity index (χ2n) is 6.80. The van der Waals surface area contributed by atoms with Gasteiger partial charge in [0, 0.05) is 17.4 Å². The Bertz CT molecular complexity index is 1200. The van der Waals surface area contributed by atoms with Crippen molar-refractivity contribution in [3.63, 3.8) is 0 Å². The average Bonchev–Trinajstić information content (AvgIpc) is 3.08. The van der Waals surface area contributed by atoms with Gasteiger partial charge in [0.1, 0.15) is 11.5 Å². The molecule has 0 radical (unpaired) electrons. The molecule has 3 N–H and O–H groups in total. The first kappa shape index (κ1) is 19.5. The SMILES string of the molecule is Nc1ccc(NC(=O)c2cc3ccccc3n2Cc2ccc(C(F)(F)F)cc2)cn1. The van der Waals surface area contributed by atoms with Crippen molar-refractivity contribution >= 4 is 28.3 Å². The van der Waals surface area contributed by atoms with Crippen LogP contribution in [0, 0.1) is 0 Å². The van der Waals surface area contributed by atoms with Crippen LogP contribution in [0.4, 0.5) is 24.7 Å². The monoisotopic (exact) mass is 410 g/mol.